The van der Waals surface area contributed by atoms with Gasteiger partial charge in [0.2, 0.25) is 5.91 Å². The van der Waals surface area contributed by atoms with Gasteiger partial charge in [0.25, 0.3) is 0 Å². The highest BCUT2D eigenvalue weighted by Crippen LogP contribution is 2.52. The van der Waals surface area contributed by atoms with Crippen molar-refractivity contribution in [1.82, 2.24) is 14.9 Å². The van der Waals surface area contributed by atoms with E-state index in [1.807, 2.05) is 25.4 Å². The number of hydrogen-bond acceptors (Lipinski definition) is 4. The highest BCUT2D eigenvalue weighted by molar-refractivity contribution is 5.92. The Morgan fingerprint density at radius 3 is 2.64 bits per heavy atom. The Morgan fingerprint density at radius 1 is 1.36 bits per heavy atom. The monoisotopic (exact) mass is 404 g/mol. The van der Waals surface area contributed by atoms with Crippen molar-refractivity contribution in [3.63, 3.8) is 0 Å². The summed E-state index contributed by atoms with van der Waals surface area (Å²) in [4.78, 5) is 21.7. The zero-order valence-electron chi connectivity index (χ0n) is 16.4. The lowest BCUT2D eigenvalue weighted by molar-refractivity contribution is -0.174. The number of benzene rings is 1. The zero-order chi connectivity index (χ0) is 19.0. The van der Waals surface area contributed by atoms with E-state index in [1.165, 1.54) is 6.42 Å². The first kappa shape index (κ1) is 20.8. The molecule has 0 spiro atoms. The highest BCUT2D eigenvalue weighted by Gasteiger charge is 2.53. The number of carbonyl (C=O) groups excluding carboxylic acids is 1. The molecule has 6 nitrogen and oxygen atoms in total. The normalized spacial score (nSPS) is 28.4. The molecule has 1 aliphatic heterocycles. The summed E-state index contributed by atoms with van der Waals surface area (Å²) >= 11 is 0. The number of H-pyrrole nitrogens is 1. The van der Waals surface area contributed by atoms with Crippen LogP contribution in [0.5, 0.6) is 0 Å². The Hall–Kier alpha value is -1.89. The molecule has 0 radical (unpaired) electrons. The van der Waals surface area contributed by atoms with Crippen molar-refractivity contribution >= 4 is 18.3 Å². The van der Waals surface area contributed by atoms with Gasteiger partial charge in [-0.3, -0.25) is 9.69 Å². The van der Waals surface area contributed by atoms with Gasteiger partial charge in [0, 0.05) is 49.8 Å². The molecule has 152 valence electrons. The van der Waals surface area contributed by atoms with Crippen molar-refractivity contribution < 1.29 is 9.53 Å². The van der Waals surface area contributed by atoms with Crippen LogP contribution in [0.3, 0.4) is 0 Å². The Labute approximate surface area is 172 Å². The molecule has 2 aliphatic rings. The van der Waals surface area contributed by atoms with E-state index in [-0.39, 0.29) is 18.0 Å². The number of methoxy groups -OCH3 is 1. The van der Waals surface area contributed by atoms with Crippen molar-refractivity contribution in [3.05, 3.63) is 53.6 Å². The molecular weight excluding hydrogens is 376 g/mol. The van der Waals surface area contributed by atoms with Crippen molar-refractivity contribution in [1.29, 1.82) is 0 Å². The van der Waals surface area contributed by atoms with Gasteiger partial charge in [-0.15, -0.1) is 12.4 Å². The first-order valence-corrected chi connectivity index (χ1v) is 9.74. The fourth-order valence-corrected chi connectivity index (χ4v) is 5.31. The number of piperidine rings is 1. The average Bonchev–Trinajstić information content (AvgIpc) is 3.21. The molecule has 1 aromatic heterocycles. The molecule has 2 bridgehead atoms. The SMILES string of the molecule is CO[C@]1(c2cccc(C(N)=O)c2)[C@@H]2CCC[C@H]1CN([C@H](C)c1cnc[nH]1)C2.Cl. The zero-order valence-corrected chi connectivity index (χ0v) is 17.2. The summed E-state index contributed by atoms with van der Waals surface area (Å²) in [5.74, 6) is 0.366. The minimum Gasteiger partial charge on any atom is -0.373 e. The number of primary amides is 1. The van der Waals surface area contributed by atoms with Crippen molar-refractivity contribution in [2.45, 2.75) is 37.8 Å². The van der Waals surface area contributed by atoms with Gasteiger partial charge >= 0.3 is 0 Å². The molecule has 1 aromatic carbocycles. The Morgan fingerprint density at radius 2 is 2.07 bits per heavy atom. The van der Waals surface area contributed by atoms with Crippen molar-refractivity contribution in [2.75, 3.05) is 20.2 Å². The maximum absolute atomic E-state index is 11.7. The maximum Gasteiger partial charge on any atom is 0.248 e. The number of hydrogen-bond donors (Lipinski definition) is 2. The number of rotatable bonds is 5. The average molecular weight is 405 g/mol. The summed E-state index contributed by atoms with van der Waals surface area (Å²) in [6, 6.07) is 8.02. The number of aromatic amines is 1. The quantitative estimate of drug-likeness (QED) is 0.800. The number of ether oxygens (including phenoxy) is 1. The van der Waals surface area contributed by atoms with Gasteiger partial charge in [0.15, 0.2) is 0 Å². The van der Waals surface area contributed by atoms with Crippen LogP contribution in [-0.2, 0) is 10.3 Å². The Kier molecular flexibility index (Phi) is 6.12. The lowest BCUT2D eigenvalue weighted by Crippen LogP contribution is -2.59. The molecule has 4 rings (SSSR count). The van der Waals surface area contributed by atoms with Crippen LogP contribution in [0, 0.1) is 11.8 Å². The molecule has 4 atom stereocenters. The Bertz CT molecular complexity index is 796. The predicted molar refractivity (Wildman–Crippen MR) is 110 cm³/mol. The second kappa shape index (κ2) is 8.23. The third-order valence-electron chi connectivity index (χ3n) is 6.68. The van der Waals surface area contributed by atoms with E-state index >= 15 is 0 Å². The van der Waals surface area contributed by atoms with E-state index in [2.05, 4.69) is 27.9 Å². The molecule has 7 heteroatoms. The number of fused-ring (bicyclic) bond motifs is 2. The lowest BCUT2D eigenvalue weighted by Gasteiger charge is -2.56. The van der Waals surface area contributed by atoms with Gasteiger partial charge in [-0.2, -0.15) is 0 Å². The molecule has 1 saturated carbocycles. The summed E-state index contributed by atoms with van der Waals surface area (Å²) in [6.45, 7) is 4.16. The van der Waals surface area contributed by atoms with E-state index in [9.17, 15) is 4.79 Å². The van der Waals surface area contributed by atoms with E-state index in [1.54, 1.807) is 12.4 Å². The fraction of sp³-hybridized carbons (Fsp3) is 0.524. The second-order valence-corrected chi connectivity index (χ2v) is 7.90. The first-order valence-electron chi connectivity index (χ1n) is 9.74. The fourth-order valence-electron chi connectivity index (χ4n) is 5.31. The minimum atomic E-state index is -0.390. The summed E-state index contributed by atoms with van der Waals surface area (Å²) in [5.41, 5.74) is 7.96. The van der Waals surface area contributed by atoms with Crippen LogP contribution in [0.2, 0.25) is 0 Å². The molecule has 1 amide bonds. The van der Waals surface area contributed by atoms with Gasteiger partial charge < -0.3 is 15.5 Å². The number of halogens is 1. The highest BCUT2D eigenvalue weighted by atomic mass is 35.5. The van der Waals surface area contributed by atoms with Gasteiger partial charge in [0.05, 0.1) is 12.0 Å². The standard InChI is InChI=1S/C21H28N4O2.ClH/c1-14(19-10-23-13-24-19)25-11-17-7-4-8-18(12-25)21(17,27-2)16-6-3-5-15(9-16)20(22)26;/h3,5-6,9-10,13-14,17-18H,4,7-8,11-12H2,1-2H3,(H2,22,26)(H,23,24);1H/t14-,17-,18+,21-;/m1./s1. The number of carbonyl (C=O) groups is 1. The molecule has 1 aliphatic carbocycles. The largest absolute Gasteiger partial charge is 0.373 e. The molecule has 3 N–H and O–H groups in total. The van der Waals surface area contributed by atoms with E-state index in [4.69, 9.17) is 10.5 Å². The molecule has 1 saturated heterocycles. The molecule has 2 fully saturated rings. The molecule has 0 unspecified atom stereocenters. The maximum atomic E-state index is 11.7. The summed E-state index contributed by atoms with van der Waals surface area (Å²) in [7, 11) is 1.82. The number of nitrogens with two attached hydrogens (primary N) is 1. The molecule has 28 heavy (non-hydrogen) atoms. The number of nitrogens with one attached hydrogen (secondary N) is 1. The number of imidazole rings is 1. The molecule has 2 aromatic rings. The molecular formula is C21H29ClN4O2. The minimum absolute atomic E-state index is 0. The number of likely N-dealkylation sites (tertiary alicyclic amines) is 1. The van der Waals surface area contributed by atoms with Gasteiger partial charge in [-0.1, -0.05) is 18.6 Å². The second-order valence-electron chi connectivity index (χ2n) is 7.90. The van der Waals surface area contributed by atoms with E-state index in [0.29, 0.717) is 23.4 Å². The molecule has 2 heterocycles. The topological polar surface area (TPSA) is 84.2 Å². The summed E-state index contributed by atoms with van der Waals surface area (Å²) in [5, 5.41) is 0. The number of aromatic nitrogens is 2. The lowest BCUT2D eigenvalue weighted by atomic mass is 9.62. The van der Waals surface area contributed by atoms with Crippen LogP contribution in [0.1, 0.15) is 53.8 Å². The van der Waals surface area contributed by atoms with Crippen molar-refractivity contribution in [3.8, 4) is 0 Å². The first-order chi connectivity index (χ1) is 13.1. The third kappa shape index (κ3) is 3.34. The Balaban J connectivity index is 0.00000225. The van der Waals surface area contributed by atoms with Crippen LogP contribution in [-0.4, -0.2) is 41.0 Å². The number of amides is 1. The van der Waals surface area contributed by atoms with Gasteiger partial charge in [-0.25, -0.2) is 4.98 Å². The predicted octanol–water partition coefficient (Wildman–Crippen LogP) is 3.27. The van der Waals surface area contributed by atoms with Crippen LogP contribution in [0.4, 0.5) is 0 Å². The van der Waals surface area contributed by atoms with Crippen LogP contribution in [0.25, 0.3) is 0 Å². The third-order valence-corrected chi connectivity index (χ3v) is 6.68. The van der Waals surface area contributed by atoms with Crippen molar-refractivity contribution in [2.24, 2.45) is 17.6 Å². The van der Waals surface area contributed by atoms with Crippen LogP contribution >= 0.6 is 12.4 Å². The van der Waals surface area contributed by atoms with Crippen LogP contribution in [0.15, 0.2) is 36.8 Å². The number of nitrogens with zero attached hydrogens (tertiary/aromatic N) is 2. The van der Waals surface area contributed by atoms with Gasteiger partial charge in [0.1, 0.15) is 5.60 Å². The van der Waals surface area contributed by atoms with E-state index in [0.717, 1.165) is 37.2 Å². The van der Waals surface area contributed by atoms with E-state index < -0.39 is 5.91 Å². The van der Waals surface area contributed by atoms with Crippen LogP contribution < -0.4 is 5.73 Å². The van der Waals surface area contributed by atoms with Gasteiger partial charge in [-0.05, 0) is 37.5 Å². The smallest absolute Gasteiger partial charge is 0.248 e. The summed E-state index contributed by atoms with van der Waals surface area (Å²) < 4.78 is 6.29. The summed E-state index contributed by atoms with van der Waals surface area (Å²) in [6.07, 6.45) is 7.12.